The Balaban J connectivity index is 2.03. The van der Waals surface area contributed by atoms with Crippen molar-refractivity contribution in [1.82, 2.24) is 14.8 Å². The molecule has 0 saturated heterocycles. The Morgan fingerprint density at radius 3 is 2.82 bits per heavy atom. The van der Waals surface area contributed by atoms with E-state index in [0.717, 1.165) is 5.56 Å². The highest BCUT2D eigenvalue weighted by Gasteiger charge is 2.34. The Morgan fingerprint density at radius 2 is 2.12 bits per heavy atom. The van der Waals surface area contributed by atoms with Crippen LogP contribution in [0.2, 0.25) is 0 Å². The Kier molecular flexibility index (Phi) is 2.70. The number of alkyl halides is 2. The minimum Gasteiger partial charge on any atom is -0.239 e. The van der Waals surface area contributed by atoms with Gasteiger partial charge in [-0.25, -0.2) is 14.1 Å². The van der Waals surface area contributed by atoms with Gasteiger partial charge in [0.1, 0.15) is 0 Å². The largest absolute Gasteiger partial charge is 0.239 e. The summed E-state index contributed by atoms with van der Waals surface area (Å²) in [5, 5.41) is 4.89. The van der Waals surface area contributed by atoms with Gasteiger partial charge in [0.15, 0.2) is 17.8 Å². The predicted molar refractivity (Wildman–Crippen MR) is 65.7 cm³/mol. The average Bonchev–Trinajstić information content (AvgIpc) is 2.91. The fraction of sp³-hybridized carbons (Fsp3) is 0.333. The minimum atomic E-state index is -1.01. The first-order chi connectivity index (χ1) is 8.29. The lowest BCUT2D eigenvalue weighted by atomic mass is 10.0. The van der Waals surface area contributed by atoms with Gasteiger partial charge in [0, 0.05) is 6.42 Å². The molecule has 0 N–H and O–H groups in total. The zero-order chi connectivity index (χ0) is 11.8. The van der Waals surface area contributed by atoms with Crippen LogP contribution in [0.5, 0.6) is 0 Å². The van der Waals surface area contributed by atoms with Crippen LogP contribution in [-0.4, -0.2) is 14.8 Å². The highest BCUT2D eigenvalue weighted by atomic mass is 79.9. The Labute approximate surface area is 107 Å². The smallest absolute Gasteiger partial charge is 0.162 e. The van der Waals surface area contributed by atoms with Crippen molar-refractivity contribution in [2.24, 2.45) is 0 Å². The Bertz CT molecular complexity index is 526. The quantitative estimate of drug-likeness (QED) is 0.797. The van der Waals surface area contributed by atoms with Crippen LogP contribution in [0, 0.1) is 0 Å². The van der Waals surface area contributed by atoms with E-state index in [1.54, 1.807) is 4.68 Å². The summed E-state index contributed by atoms with van der Waals surface area (Å²) in [6.45, 7) is 0. The van der Waals surface area contributed by atoms with E-state index in [1.807, 2.05) is 30.3 Å². The van der Waals surface area contributed by atoms with Crippen LogP contribution in [0.15, 0.2) is 30.3 Å². The molecule has 2 atom stereocenters. The van der Waals surface area contributed by atoms with E-state index in [4.69, 9.17) is 0 Å². The number of halogens is 2. The van der Waals surface area contributed by atoms with Gasteiger partial charge < -0.3 is 0 Å². The van der Waals surface area contributed by atoms with Crippen molar-refractivity contribution < 1.29 is 4.39 Å². The molecule has 0 aliphatic carbocycles. The average molecular weight is 296 g/mol. The third-order valence-electron chi connectivity index (χ3n) is 3.01. The van der Waals surface area contributed by atoms with Gasteiger partial charge in [-0.2, -0.15) is 5.10 Å². The second-order valence-corrected chi connectivity index (χ2v) is 4.65. The summed E-state index contributed by atoms with van der Waals surface area (Å²) >= 11 is 3.29. The third kappa shape index (κ3) is 1.78. The van der Waals surface area contributed by atoms with Gasteiger partial charge in [-0.05, 0) is 5.56 Å². The summed E-state index contributed by atoms with van der Waals surface area (Å²) in [5.41, 5.74) is 1.08. The molecule has 17 heavy (non-hydrogen) atoms. The standard InChI is InChI=1S/C12H11BrFN3/c13-7-11-15-12-9(14)6-10(17(12)16-11)8-4-2-1-3-5-8/h1-5,9-10H,6-7H2. The first-order valence-electron chi connectivity index (χ1n) is 5.50. The van der Waals surface area contributed by atoms with Gasteiger partial charge >= 0.3 is 0 Å². The highest BCUT2D eigenvalue weighted by Crippen LogP contribution is 2.39. The van der Waals surface area contributed by atoms with Gasteiger partial charge in [-0.15, -0.1) is 0 Å². The first kappa shape index (κ1) is 10.9. The van der Waals surface area contributed by atoms with E-state index in [1.165, 1.54) is 0 Å². The summed E-state index contributed by atoms with van der Waals surface area (Å²) < 4.78 is 15.6. The number of aromatic nitrogens is 3. The molecule has 1 aliphatic heterocycles. The second-order valence-electron chi connectivity index (χ2n) is 4.09. The normalized spacial score (nSPS) is 22.7. The van der Waals surface area contributed by atoms with Crippen molar-refractivity contribution >= 4 is 15.9 Å². The Hall–Kier alpha value is -1.23. The maximum atomic E-state index is 13.9. The van der Waals surface area contributed by atoms with Gasteiger partial charge in [0.2, 0.25) is 0 Å². The molecule has 1 aromatic heterocycles. The molecule has 0 spiro atoms. The number of hydrogen-bond acceptors (Lipinski definition) is 2. The topological polar surface area (TPSA) is 30.7 Å². The molecule has 0 fully saturated rings. The third-order valence-corrected chi connectivity index (χ3v) is 3.51. The molecular weight excluding hydrogens is 285 g/mol. The van der Waals surface area contributed by atoms with Gasteiger partial charge in [-0.3, -0.25) is 0 Å². The van der Waals surface area contributed by atoms with Crippen LogP contribution in [0.3, 0.4) is 0 Å². The fourth-order valence-electron chi connectivity index (χ4n) is 2.23. The molecule has 3 rings (SSSR count). The van der Waals surface area contributed by atoms with Crippen LogP contribution in [0.25, 0.3) is 0 Å². The molecule has 1 aromatic carbocycles. The molecule has 88 valence electrons. The van der Waals surface area contributed by atoms with Gasteiger partial charge in [0.25, 0.3) is 0 Å². The van der Waals surface area contributed by atoms with Crippen molar-refractivity contribution in [1.29, 1.82) is 0 Å². The van der Waals surface area contributed by atoms with E-state index < -0.39 is 6.17 Å². The van der Waals surface area contributed by atoms with Gasteiger partial charge in [0.05, 0.1) is 11.4 Å². The molecule has 0 amide bonds. The molecule has 2 aromatic rings. The van der Waals surface area contributed by atoms with E-state index in [0.29, 0.717) is 23.4 Å². The second kappa shape index (κ2) is 4.22. The molecule has 0 saturated carbocycles. The maximum absolute atomic E-state index is 13.9. The van der Waals surface area contributed by atoms with E-state index in [9.17, 15) is 4.39 Å². The molecule has 5 heteroatoms. The summed E-state index contributed by atoms with van der Waals surface area (Å²) in [4.78, 5) is 4.20. The zero-order valence-corrected chi connectivity index (χ0v) is 10.6. The van der Waals surface area contributed by atoms with E-state index in [2.05, 4.69) is 26.0 Å². The lowest BCUT2D eigenvalue weighted by Gasteiger charge is -2.11. The molecule has 0 bridgehead atoms. The molecule has 3 nitrogen and oxygen atoms in total. The minimum absolute atomic E-state index is 0.0264. The number of nitrogens with zero attached hydrogens (tertiary/aromatic N) is 3. The summed E-state index contributed by atoms with van der Waals surface area (Å²) in [5.74, 6) is 1.09. The van der Waals surface area contributed by atoms with Crippen molar-refractivity contribution in [3.8, 4) is 0 Å². The molecule has 2 heterocycles. The summed E-state index contributed by atoms with van der Waals surface area (Å²) in [6.07, 6.45) is -0.581. The number of hydrogen-bond donors (Lipinski definition) is 0. The SMILES string of the molecule is FC1CC(c2ccccc2)n2nc(CBr)nc21. The lowest BCUT2D eigenvalue weighted by molar-refractivity contribution is 0.328. The number of fused-ring (bicyclic) bond motifs is 1. The van der Waals surface area contributed by atoms with Crippen LogP contribution in [0.4, 0.5) is 4.39 Å². The molecule has 2 unspecified atom stereocenters. The van der Waals surface area contributed by atoms with Crippen LogP contribution in [-0.2, 0) is 5.33 Å². The van der Waals surface area contributed by atoms with Crippen LogP contribution >= 0.6 is 15.9 Å². The number of rotatable bonds is 2. The molecule has 0 radical (unpaired) electrons. The van der Waals surface area contributed by atoms with Crippen LogP contribution < -0.4 is 0 Å². The summed E-state index contributed by atoms with van der Waals surface area (Å²) in [7, 11) is 0. The van der Waals surface area contributed by atoms with E-state index >= 15 is 0 Å². The monoisotopic (exact) mass is 295 g/mol. The Morgan fingerprint density at radius 1 is 1.35 bits per heavy atom. The van der Waals surface area contributed by atoms with Crippen LogP contribution in [0.1, 0.15) is 35.8 Å². The number of benzene rings is 1. The van der Waals surface area contributed by atoms with Gasteiger partial charge in [-0.1, -0.05) is 46.3 Å². The van der Waals surface area contributed by atoms with Crippen molar-refractivity contribution in [2.75, 3.05) is 0 Å². The van der Waals surface area contributed by atoms with E-state index in [-0.39, 0.29) is 6.04 Å². The van der Waals surface area contributed by atoms with Crippen molar-refractivity contribution in [3.05, 3.63) is 47.5 Å². The van der Waals surface area contributed by atoms with Crippen molar-refractivity contribution in [3.63, 3.8) is 0 Å². The van der Waals surface area contributed by atoms with Crippen molar-refractivity contribution in [2.45, 2.75) is 24.0 Å². The zero-order valence-electron chi connectivity index (χ0n) is 9.05. The fourth-order valence-corrected chi connectivity index (χ4v) is 2.47. The predicted octanol–water partition coefficient (Wildman–Crippen LogP) is 3.18. The summed E-state index contributed by atoms with van der Waals surface area (Å²) in [6, 6.07) is 9.86. The first-order valence-corrected chi connectivity index (χ1v) is 6.62. The molecule has 1 aliphatic rings. The maximum Gasteiger partial charge on any atom is 0.162 e. The lowest BCUT2D eigenvalue weighted by Crippen LogP contribution is -2.07. The highest BCUT2D eigenvalue weighted by molar-refractivity contribution is 9.08. The molecular formula is C12H11BrFN3.